The van der Waals surface area contributed by atoms with Crippen LogP contribution in [0.5, 0.6) is 0 Å². The third-order valence-electron chi connectivity index (χ3n) is 3.68. The minimum Gasteiger partial charge on any atom is -0.396 e. The molecule has 3 N–H and O–H groups in total. The molecular weight excluding hydrogens is 264 g/mol. The Kier molecular flexibility index (Phi) is 16.9. The van der Waals surface area contributed by atoms with Crippen molar-refractivity contribution in [1.29, 1.82) is 0 Å². The van der Waals surface area contributed by atoms with Gasteiger partial charge in [0, 0.05) is 13.0 Å². The van der Waals surface area contributed by atoms with E-state index in [1.165, 1.54) is 44.9 Å². The molecule has 0 saturated heterocycles. The van der Waals surface area contributed by atoms with Crippen molar-refractivity contribution >= 4 is 5.91 Å². The third kappa shape index (κ3) is 17.3. The summed E-state index contributed by atoms with van der Waals surface area (Å²) in [5.41, 5.74) is 0. The number of hydrogen-bond donors (Lipinski definition) is 3. The predicted molar refractivity (Wildman–Crippen MR) is 89.2 cm³/mol. The second-order valence-electron chi connectivity index (χ2n) is 5.79. The Morgan fingerprint density at radius 3 is 2.14 bits per heavy atom. The lowest BCUT2D eigenvalue weighted by molar-refractivity contribution is -0.121. The first-order chi connectivity index (χ1) is 10.3. The van der Waals surface area contributed by atoms with E-state index < -0.39 is 0 Å². The molecule has 0 spiro atoms. The molecule has 1 amide bonds. The van der Waals surface area contributed by atoms with Crippen molar-refractivity contribution in [3.8, 4) is 0 Å². The molecule has 0 saturated carbocycles. The zero-order chi connectivity index (χ0) is 15.6. The van der Waals surface area contributed by atoms with Crippen LogP contribution in [-0.2, 0) is 4.79 Å². The summed E-state index contributed by atoms with van der Waals surface area (Å²) in [5, 5.41) is 14.8. The number of amides is 1. The Hall–Kier alpha value is -0.610. The lowest BCUT2D eigenvalue weighted by Crippen LogP contribution is -2.34. The lowest BCUT2D eigenvalue weighted by atomic mass is 10.1. The average Bonchev–Trinajstić information content (AvgIpc) is 2.49. The maximum Gasteiger partial charge on any atom is 0.220 e. The number of rotatable bonds is 16. The van der Waals surface area contributed by atoms with E-state index in [4.69, 9.17) is 5.11 Å². The summed E-state index contributed by atoms with van der Waals surface area (Å²) in [5.74, 6) is 0.169. The molecule has 0 aliphatic heterocycles. The van der Waals surface area contributed by atoms with Crippen molar-refractivity contribution in [3.05, 3.63) is 0 Å². The van der Waals surface area contributed by atoms with Crippen molar-refractivity contribution in [2.75, 3.05) is 19.8 Å². The zero-order valence-corrected chi connectivity index (χ0v) is 14.0. The van der Waals surface area contributed by atoms with Gasteiger partial charge in [-0.25, -0.2) is 0 Å². The molecule has 0 aliphatic rings. The lowest BCUT2D eigenvalue weighted by Gasteiger charge is -2.07. The van der Waals surface area contributed by atoms with Gasteiger partial charge in [0.25, 0.3) is 0 Å². The van der Waals surface area contributed by atoms with Crippen LogP contribution in [0.3, 0.4) is 0 Å². The maximum absolute atomic E-state index is 11.5. The summed E-state index contributed by atoms with van der Waals surface area (Å²) >= 11 is 0. The molecule has 0 fully saturated rings. The molecule has 0 rings (SSSR count). The van der Waals surface area contributed by atoms with Gasteiger partial charge in [0.2, 0.25) is 5.91 Å². The Bertz CT molecular complexity index is 223. The predicted octanol–water partition coefficient (Wildman–Crippen LogP) is 3.34. The van der Waals surface area contributed by atoms with Gasteiger partial charge in [-0.2, -0.15) is 0 Å². The summed E-state index contributed by atoms with van der Waals surface area (Å²) < 4.78 is 0. The molecule has 0 aliphatic carbocycles. The first kappa shape index (κ1) is 20.4. The van der Waals surface area contributed by atoms with Crippen LogP contribution >= 0.6 is 0 Å². The van der Waals surface area contributed by atoms with Gasteiger partial charge >= 0.3 is 0 Å². The maximum atomic E-state index is 11.5. The van der Waals surface area contributed by atoms with Crippen molar-refractivity contribution in [2.45, 2.75) is 84.0 Å². The van der Waals surface area contributed by atoms with E-state index in [1.807, 2.05) is 0 Å². The average molecular weight is 300 g/mol. The minimum atomic E-state index is 0.169. The summed E-state index contributed by atoms with van der Waals surface area (Å²) in [7, 11) is 0. The summed E-state index contributed by atoms with van der Waals surface area (Å²) in [6, 6.07) is 0. The van der Waals surface area contributed by atoms with Gasteiger partial charge in [0.15, 0.2) is 0 Å². The van der Waals surface area contributed by atoms with Crippen LogP contribution in [-0.4, -0.2) is 30.8 Å². The van der Waals surface area contributed by atoms with E-state index in [1.54, 1.807) is 0 Å². The van der Waals surface area contributed by atoms with Crippen LogP contribution in [0.1, 0.15) is 84.0 Å². The van der Waals surface area contributed by atoms with Crippen molar-refractivity contribution in [2.24, 2.45) is 0 Å². The van der Waals surface area contributed by atoms with Crippen LogP contribution in [0.25, 0.3) is 0 Å². The molecule has 0 atom stereocenters. The zero-order valence-electron chi connectivity index (χ0n) is 14.0. The molecule has 0 radical (unpaired) electrons. The molecule has 0 aromatic carbocycles. The standard InChI is InChI=1S/C17H36N2O2/c1-2-3-4-10-13-17(21)19-16-18-14-11-8-6-5-7-9-12-15-20/h18,20H,2-16H2,1H3,(H,19,21). The SMILES string of the molecule is CCCCCCC(=O)NCNCCCCCCCCCO. The Balaban J connectivity index is 3.09. The first-order valence-corrected chi connectivity index (χ1v) is 8.89. The molecule has 0 aromatic heterocycles. The number of aliphatic hydroxyl groups is 1. The highest BCUT2D eigenvalue weighted by Crippen LogP contribution is 2.06. The molecule has 0 unspecified atom stereocenters. The Morgan fingerprint density at radius 1 is 0.857 bits per heavy atom. The molecule has 0 bridgehead atoms. The van der Waals surface area contributed by atoms with E-state index in [0.29, 0.717) is 19.7 Å². The molecule has 4 heteroatoms. The van der Waals surface area contributed by atoms with E-state index in [2.05, 4.69) is 17.6 Å². The Labute approximate surface area is 131 Å². The summed E-state index contributed by atoms with van der Waals surface area (Å²) in [6.45, 7) is 4.09. The minimum absolute atomic E-state index is 0.169. The van der Waals surface area contributed by atoms with Gasteiger partial charge < -0.3 is 10.4 Å². The van der Waals surface area contributed by atoms with E-state index in [0.717, 1.165) is 32.2 Å². The molecule has 4 nitrogen and oxygen atoms in total. The van der Waals surface area contributed by atoms with Gasteiger partial charge in [-0.3, -0.25) is 10.1 Å². The largest absolute Gasteiger partial charge is 0.396 e. The molecule has 126 valence electrons. The third-order valence-corrected chi connectivity index (χ3v) is 3.68. The van der Waals surface area contributed by atoms with E-state index in [9.17, 15) is 4.79 Å². The fourth-order valence-electron chi connectivity index (χ4n) is 2.30. The van der Waals surface area contributed by atoms with Crippen LogP contribution in [0.15, 0.2) is 0 Å². The number of nitrogens with one attached hydrogen (secondary N) is 2. The normalized spacial score (nSPS) is 10.8. The molecular formula is C17H36N2O2. The number of hydrogen-bond acceptors (Lipinski definition) is 3. The highest BCUT2D eigenvalue weighted by atomic mass is 16.2. The fraction of sp³-hybridized carbons (Fsp3) is 0.941. The second-order valence-corrected chi connectivity index (χ2v) is 5.79. The second kappa shape index (κ2) is 17.4. The number of aliphatic hydroxyl groups excluding tert-OH is 1. The summed E-state index contributed by atoms with van der Waals surface area (Å²) in [6.07, 6.45) is 13.6. The molecule has 21 heavy (non-hydrogen) atoms. The monoisotopic (exact) mass is 300 g/mol. The highest BCUT2D eigenvalue weighted by Gasteiger charge is 1.99. The number of unbranched alkanes of at least 4 members (excludes halogenated alkanes) is 9. The highest BCUT2D eigenvalue weighted by molar-refractivity contribution is 5.75. The van der Waals surface area contributed by atoms with Crippen LogP contribution in [0, 0.1) is 0 Å². The smallest absolute Gasteiger partial charge is 0.220 e. The number of carbonyl (C=O) groups is 1. The van der Waals surface area contributed by atoms with E-state index in [-0.39, 0.29) is 5.91 Å². The quantitative estimate of drug-likeness (QED) is 0.303. The van der Waals surface area contributed by atoms with Gasteiger partial charge in [-0.15, -0.1) is 0 Å². The van der Waals surface area contributed by atoms with Crippen LogP contribution in [0.2, 0.25) is 0 Å². The number of carbonyl (C=O) groups excluding carboxylic acids is 1. The van der Waals surface area contributed by atoms with Gasteiger partial charge in [0.05, 0.1) is 6.67 Å². The molecule has 0 heterocycles. The van der Waals surface area contributed by atoms with Gasteiger partial charge in [0.1, 0.15) is 0 Å². The Morgan fingerprint density at radius 2 is 1.48 bits per heavy atom. The van der Waals surface area contributed by atoms with Crippen molar-refractivity contribution in [1.82, 2.24) is 10.6 Å². The molecule has 0 aromatic rings. The first-order valence-electron chi connectivity index (χ1n) is 8.89. The van der Waals surface area contributed by atoms with Crippen LogP contribution < -0.4 is 10.6 Å². The van der Waals surface area contributed by atoms with Crippen molar-refractivity contribution < 1.29 is 9.90 Å². The van der Waals surface area contributed by atoms with Gasteiger partial charge in [-0.05, 0) is 25.8 Å². The van der Waals surface area contributed by atoms with Gasteiger partial charge in [-0.1, -0.05) is 58.3 Å². The van der Waals surface area contributed by atoms with Crippen LogP contribution in [0.4, 0.5) is 0 Å². The van der Waals surface area contributed by atoms with Crippen molar-refractivity contribution in [3.63, 3.8) is 0 Å². The topological polar surface area (TPSA) is 61.4 Å². The van der Waals surface area contributed by atoms with E-state index >= 15 is 0 Å². The fourth-order valence-corrected chi connectivity index (χ4v) is 2.30. The summed E-state index contributed by atoms with van der Waals surface area (Å²) in [4.78, 5) is 11.5.